The summed E-state index contributed by atoms with van der Waals surface area (Å²) in [6, 6.07) is 15.7. The van der Waals surface area contributed by atoms with E-state index >= 15 is 0 Å². The van der Waals surface area contributed by atoms with Gasteiger partial charge in [-0.05, 0) is 49.9 Å². The van der Waals surface area contributed by atoms with Gasteiger partial charge in [-0.2, -0.15) is 10.5 Å². The lowest BCUT2D eigenvalue weighted by atomic mass is 10.1. The molecule has 0 saturated carbocycles. The zero-order valence-electron chi connectivity index (χ0n) is 13.0. The summed E-state index contributed by atoms with van der Waals surface area (Å²) in [5.41, 5.74) is 0.979. The second-order valence-corrected chi connectivity index (χ2v) is 5.93. The van der Waals surface area contributed by atoms with Crippen LogP contribution in [0.15, 0.2) is 40.8 Å². The summed E-state index contributed by atoms with van der Waals surface area (Å²) in [7, 11) is 1.95. The van der Waals surface area contributed by atoms with E-state index < -0.39 is 0 Å². The highest BCUT2D eigenvalue weighted by atomic mass is 35.5. The zero-order valence-corrected chi connectivity index (χ0v) is 13.8. The standard InChI is InChI=1S/C18H18ClN3O/c1-22(12-14(11-21)3-2-10-20)13-17-8-9-18(23-17)15-4-6-16(19)7-5-15/h4-9,14H,2-3,12-13H2,1H3/t14-/m0/s1. The summed E-state index contributed by atoms with van der Waals surface area (Å²) in [6.45, 7) is 1.24. The predicted octanol–water partition coefficient (Wildman–Crippen LogP) is 4.48. The van der Waals surface area contributed by atoms with Crippen molar-refractivity contribution >= 4 is 11.6 Å². The molecule has 0 radical (unpaired) electrons. The minimum Gasteiger partial charge on any atom is -0.460 e. The van der Waals surface area contributed by atoms with Crippen molar-refractivity contribution in [1.82, 2.24) is 4.90 Å². The molecule has 0 aliphatic rings. The van der Waals surface area contributed by atoms with Gasteiger partial charge < -0.3 is 4.42 Å². The molecule has 1 aromatic heterocycles. The van der Waals surface area contributed by atoms with Crippen molar-refractivity contribution in [3.63, 3.8) is 0 Å². The lowest BCUT2D eigenvalue weighted by Gasteiger charge is -2.17. The summed E-state index contributed by atoms with van der Waals surface area (Å²) >= 11 is 5.89. The minimum absolute atomic E-state index is 0.134. The summed E-state index contributed by atoms with van der Waals surface area (Å²) in [6.07, 6.45) is 1.01. The lowest BCUT2D eigenvalue weighted by molar-refractivity contribution is 0.267. The van der Waals surface area contributed by atoms with Crippen LogP contribution in [0.1, 0.15) is 18.6 Å². The average molecular weight is 328 g/mol. The molecule has 0 bridgehead atoms. The Morgan fingerprint density at radius 3 is 2.57 bits per heavy atom. The van der Waals surface area contributed by atoms with Crippen molar-refractivity contribution in [3.8, 4) is 23.5 Å². The van der Waals surface area contributed by atoms with Gasteiger partial charge in [0.2, 0.25) is 0 Å². The molecule has 1 atom stereocenters. The van der Waals surface area contributed by atoms with E-state index in [2.05, 4.69) is 12.1 Å². The molecule has 4 nitrogen and oxygen atoms in total. The molecule has 0 aliphatic heterocycles. The van der Waals surface area contributed by atoms with E-state index in [1.54, 1.807) is 0 Å². The predicted molar refractivity (Wildman–Crippen MR) is 89.4 cm³/mol. The summed E-state index contributed by atoms with van der Waals surface area (Å²) in [5, 5.41) is 18.4. The number of nitrogens with zero attached hydrogens (tertiary/aromatic N) is 3. The topological polar surface area (TPSA) is 64.0 Å². The molecule has 0 spiro atoms. The monoisotopic (exact) mass is 327 g/mol. The van der Waals surface area contributed by atoms with Crippen LogP contribution in [0.25, 0.3) is 11.3 Å². The Balaban J connectivity index is 1.94. The van der Waals surface area contributed by atoms with Crippen molar-refractivity contribution in [2.45, 2.75) is 19.4 Å². The fourth-order valence-electron chi connectivity index (χ4n) is 2.37. The van der Waals surface area contributed by atoms with Crippen LogP contribution in [-0.4, -0.2) is 18.5 Å². The van der Waals surface area contributed by atoms with Gasteiger partial charge in [0.1, 0.15) is 11.5 Å². The number of rotatable bonds is 7. The molecule has 0 unspecified atom stereocenters. The molecule has 0 amide bonds. The molecule has 1 heterocycles. The molecule has 118 valence electrons. The number of nitriles is 2. The fraction of sp³-hybridized carbons (Fsp3) is 0.333. The Kier molecular flexibility index (Phi) is 6.23. The van der Waals surface area contributed by atoms with Crippen LogP contribution in [0.3, 0.4) is 0 Å². The fourth-order valence-corrected chi connectivity index (χ4v) is 2.50. The third-order valence-electron chi connectivity index (χ3n) is 3.54. The quantitative estimate of drug-likeness (QED) is 0.752. The first-order valence-electron chi connectivity index (χ1n) is 7.42. The summed E-state index contributed by atoms with van der Waals surface area (Å²) in [4.78, 5) is 2.04. The first-order valence-corrected chi connectivity index (χ1v) is 7.80. The van der Waals surface area contributed by atoms with E-state index in [9.17, 15) is 0 Å². The highest BCUT2D eigenvalue weighted by molar-refractivity contribution is 6.30. The van der Waals surface area contributed by atoms with E-state index in [0.29, 0.717) is 31.0 Å². The Hall–Kier alpha value is -2.27. The average Bonchev–Trinajstić information content (AvgIpc) is 3.00. The molecule has 2 rings (SSSR count). The Morgan fingerprint density at radius 1 is 1.17 bits per heavy atom. The highest BCUT2D eigenvalue weighted by Crippen LogP contribution is 2.24. The van der Waals surface area contributed by atoms with Gasteiger partial charge in [-0.1, -0.05) is 11.6 Å². The molecule has 5 heteroatoms. The van der Waals surface area contributed by atoms with Crippen molar-refractivity contribution in [1.29, 1.82) is 10.5 Å². The molecule has 23 heavy (non-hydrogen) atoms. The van der Waals surface area contributed by atoms with Gasteiger partial charge >= 0.3 is 0 Å². The third kappa shape index (κ3) is 5.14. The number of benzene rings is 1. The Labute approximate surface area is 141 Å². The maximum atomic E-state index is 9.12. The van der Waals surface area contributed by atoms with Crippen molar-refractivity contribution < 1.29 is 4.42 Å². The molecule has 0 saturated heterocycles. The van der Waals surface area contributed by atoms with Gasteiger partial charge in [0.05, 0.1) is 24.6 Å². The zero-order chi connectivity index (χ0) is 16.7. The largest absolute Gasteiger partial charge is 0.460 e. The van der Waals surface area contributed by atoms with Crippen molar-refractivity contribution in [2.24, 2.45) is 5.92 Å². The van der Waals surface area contributed by atoms with Gasteiger partial charge in [-0.3, -0.25) is 4.90 Å². The SMILES string of the molecule is CN(Cc1ccc(-c2ccc(Cl)cc2)o1)C[C@H](C#N)CCC#N. The number of halogens is 1. The normalized spacial score (nSPS) is 11.9. The molecule has 0 fully saturated rings. The van der Waals surface area contributed by atoms with Gasteiger partial charge in [-0.15, -0.1) is 0 Å². The molecular weight excluding hydrogens is 310 g/mol. The van der Waals surface area contributed by atoms with Crippen LogP contribution in [0.2, 0.25) is 5.02 Å². The summed E-state index contributed by atoms with van der Waals surface area (Å²) in [5.74, 6) is 1.51. The molecular formula is C18H18ClN3O. The summed E-state index contributed by atoms with van der Waals surface area (Å²) < 4.78 is 5.86. The maximum Gasteiger partial charge on any atom is 0.134 e. The van der Waals surface area contributed by atoms with Crippen LogP contribution >= 0.6 is 11.6 Å². The number of furan rings is 1. The van der Waals surface area contributed by atoms with E-state index in [1.807, 2.05) is 48.3 Å². The number of hydrogen-bond acceptors (Lipinski definition) is 4. The van der Waals surface area contributed by atoms with E-state index in [1.165, 1.54) is 0 Å². The van der Waals surface area contributed by atoms with Crippen molar-refractivity contribution in [2.75, 3.05) is 13.6 Å². The molecule has 0 aliphatic carbocycles. The second kappa shape index (κ2) is 8.39. The van der Waals surface area contributed by atoms with E-state index in [-0.39, 0.29) is 5.92 Å². The van der Waals surface area contributed by atoms with Crippen molar-refractivity contribution in [3.05, 3.63) is 47.2 Å². The van der Waals surface area contributed by atoms with Gasteiger partial charge in [0.25, 0.3) is 0 Å². The lowest BCUT2D eigenvalue weighted by Crippen LogP contribution is -2.24. The third-order valence-corrected chi connectivity index (χ3v) is 3.79. The van der Waals surface area contributed by atoms with Gasteiger partial charge in [-0.25, -0.2) is 0 Å². The molecule has 1 aromatic carbocycles. The Morgan fingerprint density at radius 2 is 1.91 bits per heavy atom. The van der Waals surface area contributed by atoms with Gasteiger partial charge in [0, 0.05) is 23.6 Å². The molecule has 2 aromatic rings. The first-order chi connectivity index (χ1) is 11.1. The maximum absolute atomic E-state index is 9.12. The van der Waals surface area contributed by atoms with Gasteiger partial charge in [0.15, 0.2) is 0 Å². The second-order valence-electron chi connectivity index (χ2n) is 5.49. The van der Waals surface area contributed by atoms with Crippen LogP contribution in [-0.2, 0) is 6.54 Å². The highest BCUT2D eigenvalue weighted by Gasteiger charge is 2.13. The first kappa shape index (κ1) is 17.1. The van der Waals surface area contributed by atoms with Crippen LogP contribution in [0.4, 0.5) is 0 Å². The molecule has 0 N–H and O–H groups in total. The van der Waals surface area contributed by atoms with E-state index in [4.69, 9.17) is 26.5 Å². The van der Waals surface area contributed by atoms with E-state index in [0.717, 1.165) is 17.1 Å². The van der Waals surface area contributed by atoms with Crippen LogP contribution in [0.5, 0.6) is 0 Å². The smallest absolute Gasteiger partial charge is 0.134 e. The Bertz CT molecular complexity index is 709. The minimum atomic E-state index is -0.134. The van der Waals surface area contributed by atoms with Crippen LogP contribution < -0.4 is 0 Å². The number of hydrogen-bond donors (Lipinski definition) is 0. The van der Waals surface area contributed by atoms with Crippen LogP contribution in [0, 0.1) is 28.6 Å².